The summed E-state index contributed by atoms with van der Waals surface area (Å²) in [6.07, 6.45) is 16.9. The van der Waals surface area contributed by atoms with Gasteiger partial charge in [0.2, 0.25) is 0 Å². The van der Waals surface area contributed by atoms with E-state index in [1.807, 2.05) is 0 Å². The highest BCUT2D eigenvalue weighted by atomic mass is 15.2. The summed E-state index contributed by atoms with van der Waals surface area (Å²) < 4.78 is 2.92. The molecule has 1 aromatic heterocycles. The molecule has 9 aliphatic carbocycles. The number of benzene rings is 9. The minimum Gasteiger partial charge on any atom is -0.375 e. The predicted octanol–water partition coefficient (Wildman–Crippen LogP) is 19.9. The number of hydrogen-bond donors (Lipinski definition) is 0. The average Bonchev–Trinajstić information content (AvgIpc) is 1.69. The summed E-state index contributed by atoms with van der Waals surface area (Å²) in [5, 5.41) is 2.98. The fourth-order valence-corrected chi connectivity index (χ4v) is 21.3. The molecule has 9 aromatic carbocycles. The first-order chi connectivity index (χ1) is 41.3. The quantitative estimate of drug-likeness (QED) is 0.147. The van der Waals surface area contributed by atoms with E-state index in [4.69, 9.17) is 0 Å². The standard InChI is InChI=1S/C81H76BN3/c1-78(2,3)56-25-27-72(63(35-56)55-17-9-6-10-18-55)84-74-41-64-62-23-15-16-24-69(62)79(4,5)70(64)42-71(74)82-76-66(39-61(40-75(76)84)83(59-19-11-7-12-20-59)60-21-13-8-14-22-60)68-38-58(81-46-52-32-53(47-81)34-54(33-52)48-81)37-67-65-36-57(26-28-73(65)85(82)77(67)68)80-43-49-29-50(44-80)31-51(30-49)45-80/h6-28,35-42,49-54H,29-34,43-48H2,1-5H3. The van der Waals surface area contributed by atoms with Gasteiger partial charge in [0.1, 0.15) is 0 Å². The summed E-state index contributed by atoms with van der Waals surface area (Å²) >= 11 is 0. The lowest BCUT2D eigenvalue weighted by Crippen LogP contribution is -2.57. The minimum absolute atomic E-state index is 0.0530. The Balaban J connectivity index is 0.965. The van der Waals surface area contributed by atoms with Crippen molar-refractivity contribution in [3.8, 4) is 33.4 Å². The van der Waals surface area contributed by atoms with Crippen molar-refractivity contribution in [3.05, 3.63) is 216 Å². The number of para-hydroxylation sites is 2. The molecule has 3 nitrogen and oxygen atoms in total. The first-order valence-electron chi connectivity index (χ1n) is 32.8. The molecule has 4 heteroatoms. The second-order valence-electron chi connectivity index (χ2n) is 30.6. The third kappa shape index (κ3) is 7.03. The zero-order valence-corrected chi connectivity index (χ0v) is 50.3. The van der Waals surface area contributed by atoms with Gasteiger partial charge in [0.25, 0.3) is 0 Å². The van der Waals surface area contributed by atoms with E-state index in [0.29, 0.717) is 5.41 Å². The molecule has 2 aliphatic heterocycles. The summed E-state index contributed by atoms with van der Waals surface area (Å²) in [6.45, 7) is 12.0. The highest BCUT2D eigenvalue weighted by Crippen LogP contribution is 2.64. The second kappa shape index (κ2) is 17.3. The first-order valence-corrected chi connectivity index (χ1v) is 32.8. The molecule has 0 unspecified atom stereocenters. The molecule has 0 saturated heterocycles. The van der Waals surface area contributed by atoms with Crippen molar-refractivity contribution in [2.75, 3.05) is 9.80 Å². The summed E-state index contributed by atoms with van der Waals surface area (Å²) in [5.74, 6) is 5.20. The molecule has 8 bridgehead atoms. The molecular weight excluding hydrogens is 1030 g/mol. The molecule has 85 heavy (non-hydrogen) atoms. The lowest BCUT2D eigenvalue weighted by atomic mass is 9.44. The van der Waals surface area contributed by atoms with E-state index in [0.717, 1.165) is 46.9 Å². The highest BCUT2D eigenvalue weighted by Gasteiger charge is 2.55. The van der Waals surface area contributed by atoms with Gasteiger partial charge in [0, 0.05) is 66.8 Å². The van der Waals surface area contributed by atoms with Gasteiger partial charge >= 0.3 is 6.85 Å². The monoisotopic (exact) mass is 1100 g/mol. The van der Waals surface area contributed by atoms with Gasteiger partial charge in [-0.25, -0.2) is 0 Å². The lowest BCUT2D eigenvalue weighted by molar-refractivity contribution is -0.00527. The van der Waals surface area contributed by atoms with Crippen LogP contribution in [0.1, 0.15) is 139 Å². The number of aromatic nitrogens is 1. The Labute approximate surface area is 503 Å². The number of hydrogen-bond acceptors (Lipinski definition) is 2. The first kappa shape index (κ1) is 49.7. The smallest absolute Gasteiger partial charge is 0.333 e. The van der Waals surface area contributed by atoms with Crippen LogP contribution in [-0.2, 0) is 21.7 Å². The van der Waals surface area contributed by atoms with Crippen LogP contribution in [0.5, 0.6) is 0 Å². The van der Waals surface area contributed by atoms with E-state index in [1.165, 1.54) is 183 Å². The van der Waals surface area contributed by atoms with Crippen LogP contribution >= 0.6 is 0 Å². The van der Waals surface area contributed by atoms with Crippen LogP contribution in [0, 0.1) is 35.5 Å². The van der Waals surface area contributed by atoms with Crippen molar-refractivity contribution >= 4 is 73.7 Å². The molecule has 3 heterocycles. The number of fused-ring (bicyclic) bond motifs is 10. The van der Waals surface area contributed by atoms with Gasteiger partial charge in [-0.15, -0.1) is 0 Å². The molecule has 10 aromatic rings. The van der Waals surface area contributed by atoms with Gasteiger partial charge in [-0.05, 0) is 269 Å². The Morgan fingerprint density at radius 3 is 1.64 bits per heavy atom. The Hall–Kier alpha value is -7.56. The zero-order valence-electron chi connectivity index (χ0n) is 50.3. The molecule has 0 amide bonds. The fraction of sp³-hybridized carbons (Fsp3) is 0.333. The van der Waals surface area contributed by atoms with Gasteiger partial charge < -0.3 is 14.3 Å². The van der Waals surface area contributed by atoms with Gasteiger partial charge in [-0.2, -0.15) is 0 Å². The van der Waals surface area contributed by atoms with Crippen molar-refractivity contribution in [2.24, 2.45) is 35.5 Å². The zero-order chi connectivity index (χ0) is 56.5. The summed E-state index contributed by atoms with van der Waals surface area (Å²) in [6, 6.07) is 74.8. The number of rotatable bonds is 7. The maximum atomic E-state index is 2.92. The molecule has 11 aliphatic rings. The van der Waals surface area contributed by atoms with Gasteiger partial charge in [0.15, 0.2) is 0 Å². The third-order valence-electron chi connectivity index (χ3n) is 24.1. The van der Waals surface area contributed by atoms with Crippen LogP contribution in [0.15, 0.2) is 188 Å². The molecule has 21 rings (SSSR count). The number of nitrogens with zero attached hydrogens (tertiary/aromatic N) is 3. The van der Waals surface area contributed by atoms with Gasteiger partial charge in [-0.1, -0.05) is 144 Å². The Bertz CT molecular complexity index is 4350. The summed E-state index contributed by atoms with van der Waals surface area (Å²) in [4.78, 5) is 5.30. The van der Waals surface area contributed by atoms with E-state index in [1.54, 1.807) is 11.1 Å². The maximum absolute atomic E-state index is 2.92. The van der Waals surface area contributed by atoms with Crippen LogP contribution in [-0.4, -0.2) is 11.3 Å². The molecule has 0 N–H and O–H groups in total. The Morgan fingerprint density at radius 2 is 1.01 bits per heavy atom. The third-order valence-corrected chi connectivity index (χ3v) is 24.1. The SMILES string of the molecule is CC(C)(C)c1ccc(N2c3cc4c(cc3B3c5c(cc(N(c6ccccc6)c6ccccc6)cc52)-c2cc(C56CC7CC(CC(C7)C5)C6)cc5c6cc(C78CC9CC(CC(C9)C7)C8)ccc6n3c25)C(C)(C)c2ccccc2-4)c(-c2ccccc2)c1. The van der Waals surface area contributed by atoms with Crippen molar-refractivity contribution in [2.45, 2.75) is 133 Å². The van der Waals surface area contributed by atoms with Crippen LogP contribution in [0.3, 0.4) is 0 Å². The van der Waals surface area contributed by atoms with Crippen molar-refractivity contribution in [3.63, 3.8) is 0 Å². The van der Waals surface area contributed by atoms with E-state index in [9.17, 15) is 0 Å². The molecule has 0 radical (unpaired) electrons. The van der Waals surface area contributed by atoms with Crippen LogP contribution in [0.4, 0.5) is 34.1 Å². The Morgan fingerprint density at radius 1 is 0.435 bits per heavy atom. The fourth-order valence-electron chi connectivity index (χ4n) is 21.3. The molecule has 8 saturated carbocycles. The highest BCUT2D eigenvalue weighted by molar-refractivity contribution is 6.90. The van der Waals surface area contributed by atoms with Crippen LogP contribution in [0.25, 0.3) is 55.2 Å². The minimum atomic E-state index is -0.186. The van der Waals surface area contributed by atoms with Crippen molar-refractivity contribution < 1.29 is 0 Å². The van der Waals surface area contributed by atoms with Crippen molar-refractivity contribution in [1.29, 1.82) is 0 Å². The Kier molecular flexibility index (Phi) is 10.1. The normalized spacial score (nSPS) is 26.5. The molecular formula is C81H76BN3. The molecule has 8 fully saturated rings. The van der Waals surface area contributed by atoms with E-state index < -0.39 is 0 Å². The maximum Gasteiger partial charge on any atom is 0.333 e. The summed E-state index contributed by atoms with van der Waals surface area (Å²) in [5.41, 5.74) is 28.6. The van der Waals surface area contributed by atoms with E-state index in [-0.39, 0.29) is 23.1 Å². The van der Waals surface area contributed by atoms with Crippen LogP contribution < -0.4 is 20.7 Å². The molecule has 0 spiro atoms. The van der Waals surface area contributed by atoms with Gasteiger partial charge in [-0.3, -0.25) is 0 Å². The average molecular weight is 1100 g/mol. The van der Waals surface area contributed by atoms with Gasteiger partial charge in [0.05, 0.1) is 5.69 Å². The van der Waals surface area contributed by atoms with E-state index >= 15 is 0 Å². The predicted molar refractivity (Wildman–Crippen MR) is 356 cm³/mol. The number of anilines is 6. The van der Waals surface area contributed by atoms with E-state index in [2.05, 4.69) is 237 Å². The molecule has 0 atom stereocenters. The van der Waals surface area contributed by atoms with Crippen LogP contribution in [0.2, 0.25) is 0 Å². The van der Waals surface area contributed by atoms with Crippen molar-refractivity contribution in [1.82, 2.24) is 4.48 Å². The molecule has 418 valence electrons. The summed E-state index contributed by atoms with van der Waals surface area (Å²) in [7, 11) is 0. The second-order valence-corrected chi connectivity index (χ2v) is 30.6. The lowest BCUT2D eigenvalue weighted by Gasteiger charge is -2.57. The largest absolute Gasteiger partial charge is 0.375 e. The topological polar surface area (TPSA) is 11.4 Å².